The van der Waals surface area contributed by atoms with E-state index in [1.54, 1.807) is 23.4 Å². The second-order valence-corrected chi connectivity index (χ2v) is 7.03. The monoisotopic (exact) mass is 352 g/mol. The third-order valence-corrected chi connectivity index (χ3v) is 3.73. The number of pyridine rings is 1. The largest absolute Gasteiger partial charge is 0.490 e. The van der Waals surface area contributed by atoms with E-state index in [1.165, 1.54) is 0 Å². The summed E-state index contributed by atoms with van der Waals surface area (Å²) in [7, 11) is 0. The maximum Gasteiger partial charge on any atom is 0.410 e. The normalized spacial score (nSPS) is 18.2. The summed E-state index contributed by atoms with van der Waals surface area (Å²) in [4.78, 5) is 19.8. The molecule has 0 radical (unpaired) electrons. The molecule has 24 heavy (non-hydrogen) atoms. The lowest BCUT2D eigenvalue weighted by Crippen LogP contribution is -2.60. The predicted octanol–water partition coefficient (Wildman–Crippen LogP) is 1.63. The van der Waals surface area contributed by atoms with Gasteiger partial charge in [0.2, 0.25) is 0 Å². The van der Waals surface area contributed by atoms with Crippen LogP contribution in [0.25, 0.3) is 0 Å². The first-order valence-corrected chi connectivity index (χ1v) is 8.24. The second kappa shape index (κ2) is 7.65. The van der Waals surface area contributed by atoms with Gasteiger partial charge in [-0.05, 0) is 45.1 Å². The molecule has 2 heterocycles. The molecule has 2 N–H and O–H groups in total. The van der Waals surface area contributed by atoms with Crippen LogP contribution in [0.4, 0.5) is 4.79 Å². The number of rotatable bonds is 3. The quantitative estimate of drug-likeness (QED) is 0.828. The zero-order valence-corrected chi connectivity index (χ0v) is 15.1. The fourth-order valence-electron chi connectivity index (χ4n) is 2.41. The van der Waals surface area contributed by atoms with E-state index >= 15 is 0 Å². The lowest BCUT2D eigenvalue weighted by atomic mass is 10.2. The predicted molar refractivity (Wildman–Crippen MR) is 94.8 cm³/mol. The summed E-state index contributed by atoms with van der Waals surface area (Å²) in [5.74, 6) is 0.662. The highest BCUT2D eigenvalue weighted by atomic mass is 32.1. The Morgan fingerprint density at radius 1 is 1.46 bits per heavy atom. The number of hydrogen-bond acceptors (Lipinski definition) is 5. The second-order valence-electron chi connectivity index (χ2n) is 6.61. The molecule has 1 aromatic heterocycles. The van der Waals surface area contributed by atoms with Gasteiger partial charge >= 0.3 is 6.09 Å². The summed E-state index contributed by atoms with van der Waals surface area (Å²) in [6.07, 6.45) is 2.98. The summed E-state index contributed by atoms with van der Waals surface area (Å²) in [6, 6.07) is 3.49. The Balaban J connectivity index is 2.00. The van der Waals surface area contributed by atoms with Crippen LogP contribution in [0.1, 0.15) is 20.8 Å². The van der Waals surface area contributed by atoms with Crippen LogP contribution in [0.2, 0.25) is 0 Å². The summed E-state index contributed by atoms with van der Waals surface area (Å²) in [5, 5.41) is 0.304. The average molecular weight is 352 g/mol. The van der Waals surface area contributed by atoms with E-state index < -0.39 is 5.60 Å². The van der Waals surface area contributed by atoms with Gasteiger partial charge < -0.3 is 25.0 Å². The molecule has 1 amide bonds. The van der Waals surface area contributed by atoms with Crippen LogP contribution in [0.5, 0.6) is 5.75 Å². The van der Waals surface area contributed by atoms with Crippen LogP contribution in [0.3, 0.4) is 0 Å². The molecule has 1 atom stereocenters. The van der Waals surface area contributed by atoms with Gasteiger partial charge in [0.05, 0.1) is 12.2 Å². The highest BCUT2D eigenvalue weighted by Gasteiger charge is 2.33. The lowest BCUT2D eigenvalue weighted by Gasteiger charge is -2.41. The highest BCUT2D eigenvalue weighted by molar-refractivity contribution is 7.80. The molecule has 132 valence electrons. The molecule has 0 saturated carbocycles. The van der Waals surface area contributed by atoms with Gasteiger partial charge in [-0.1, -0.05) is 0 Å². The molecule has 2 rings (SSSR count). The highest BCUT2D eigenvalue weighted by Crippen LogP contribution is 2.16. The molecule has 0 aliphatic carbocycles. The van der Waals surface area contributed by atoms with E-state index in [2.05, 4.69) is 4.98 Å². The Hall–Kier alpha value is -2.09. The van der Waals surface area contributed by atoms with E-state index in [0.29, 0.717) is 37.1 Å². The minimum atomic E-state index is -0.529. The molecule has 1 aromatic rings. The number of aromatic nitrogens is 1. The minimum Gasteiger partial charge on any atom is -0.490 e. The maximum absolute atomic E-state index is 12.3. The van der Waals surface area contributed by atoms with Gasteiger partial charge in [0.15, 0.2) is 5.11 Å². The molecule has 8 heteroatoms. The summed E-state index contributed by atoms with van der Waals surface area (Å²) in [5.41, 5.74) is 5.28. The molecular formula is C16H24N4O3S. The van der Waals surface area contributed by atoms with Gasteiger partial charge in [0.1, 0.15) is 18.0 Å². The number of carbonyl (C=O) groups excluding carboxylic acids is 1. The molecule has 7 nitrogen and oxygen atoms in total. The Labute approximate surface area is 147 Å². The standard InChI is InChI=1S/C16H24N4O3S/c1-16(2,3)23-15(21)19-7-8-20(14(17)24)12(10-19)11-22-13-5-4-6-18-9-13/h4-6,9,12H,7-8,10-11H2,1-3H3,(H2,17,24). The first-order chi connectivity index (χ1) is 11.3. The van der Waals surface area contributed by atoms with Crippen LogP contribution < -0.4 is 10.5 Å². The van der Waals surface area contributed by atoms with Gasteiger partial charge in [0, 0.05) is 25.8 Å². The van der Waals surface area contributed by atoms with Gasteiger partial charge in [-0.25, -0.2) is 4.79 Å². The number of nitrogens with zero attached hydrogens (tertiary/aromatic N) is 3. The Kier molecular flexibility index (Phi) is 5.82. The molecular weight excluding hydrogens is 328 g/mol. The van der Waals surface area contributed by atoms with Gasteiger partial charge in [-0.2, -0.15) is 0 Å². The zero-order chi connectivity index (χ0) is 17.7. The van der Waals surface area contributed by atoms with Crippen molar-refractivity contribution in [1.29, 1.82) is 0 Å². The number of piperazine rings is 1. The van der Waals surface area contributed by atoms with Crippen LogP contribution in [0.15, 0.2) is 24.5 Å². The van der Waals surface area contributed by atoms with Gasteiger partial charge in [0.25, 0.3) is 0 Å². The minimum absolute atomic E-state index is 0.135. The van der Waals surface area contributed by atoms with Crippen LogP contribution in [-0.2, 0) is 4.74 Å². The topological polar surface area (TPSA) is 80.9 Å². The fraction of sp³-hybridized carbons (Fsp3) is 0.562. The van der Waals surface area contributed by atoms with Crippen molar-refractivity contribution < 1.29 is 14.3 Å². The summed E-state index contributed by atoms with van der Waals surface area (Å²) in [6.45, 7) is 7.39. The van der Waals surface area contributed by atoms with Gasteiger partial charge in [-0.15, -0.1) is 0 Å². The number of carbonyl (C=O) groups is 1. The SMILES string of the molecule is CC(C)(C)OC(=O)N1CCN(C(N)=S)C(COc2cccnc2)C1. The number of nitrogens with two attached hydrogens (primary N) is 1. The molecule has 1 aliphatic rings. The molecule has 1 fully saturated rings. The van der Waals surface area contributed by atoms with Crippen LogP contribution in [-0.4, -0.2) is 63.9 Å². The summed E-state index contributed by atoms with van der Waals surface area (Å²) >= 11 is 5.12. The van der Waals surface area contributed by atoms with Crippen molar-refractivity contribution in [3.05, 3.63) is 24.5 Å². The van der Waals surface area contributed by atoms with E-state index in [0.717, 1.165) is 0 Å². The van der Waals surface area contributed by atoms with Crippen molar-refractivity contribution in [2.45, 2.75) is 32.4 Å². The first kappa shape index (κ1) is 18.3. The number of ether oxygens (including phenoxy) is 2. The van der Waals surface area contributed by atoms with E-state index in [9.17, 15) is 4.79 Å². The lowest BCUT2D eigenvalue weighted by molar-refractivity contribution is 0.00851. The van der Waals surface area contributed by atoms with Gasteiger partial charge in [-0.3, -0.25) is 4.98 Å². The molecule has 0 aromatic carbocycles. The fourth-order valence-corrected chi connectivity index (χ4v) is 2.65. The van der Waals surface area contributed by atoms with Crippen molar-refractivity contribution in [3.8, 4) is 5.75 Å². The maximum atomic E-state index is 12.3. The molecule has 1 saturated heterocycles. The van der Waals surface area contributed by atoms with E-state index in [-0.39, 0.29) is 12.1 Å². The Morgan fingerprint density at radius 2 is 2.21 bits per heavy atom. The average Bonchev–Trinajstić information content (AvgIpc) is 2.52. The van der Waals surface area contributed by atoms with Crippen LogP contribution in [0, 0.1) is 0 Å². The molecule has 0 bridgehead atoms. The van der Waals surface area contributed by atoms with Crippen molar-refractivity contribution in [1.82, 2.24) is 14.8 Å². The first-order valence-electron chi connectivity index (χ1n) is 7.83. The van der Waals surface area contributed by atoms with Crippen molar-refractivity contribution >= 4 is 23.4 Å². The Morgan fingerprint density at radius 3 is 2.79 bits per heavy atom. The van der Waals surface area contributed by atoms with E-state index in [4.69, 9.17) is 27.4 Å². The Bertz CT molecular complexity index is 576. The molecule has 1 unspecified atom stereocenters. The van der Waals surface area contributed by atoms with Crippen molar-refractivity contribution in [3.63, 3.8) is 0 Å². The van der Waals surface area contributed by atoms with Crippen molar-refractivity contribution in [2.24, 2.45) is 5.73 Å². The van der Waals surface area contributed by atoms with Crippen molar-refractivity contribution in [2.75, 3.05) is 26.2 Å². The third kappa shape index (κ3) is 5.23. The number of amides is 1. The zero-order valence-electron chi connectivity index (χ0n) is 14.3. The molecule has 1 aliphatic heterocycles. The summed E-state index contributed by atoms with van der Waals surface area (Å²) < 4.78 is 11.2. The third-order valence-electron chi connectivity index (χ3n) is 3.49. The van der Waals surface area contributed by atoms with E-state index in [1.807, 2.05) is 31.7 Å². The van der Waals surface area contributed by atoms with Crippen LogP contribution >= 0.6 is 12.2 Å². The number of hydrogen-bond donors (Lipinski definition) is 1. The number of thiocarbonyl (C=S) groups is 1. The smallest absolute Gasteiger partial charge is 0.410 e. The molecule has 0 spiro atoms.